The quantitative estimate of drug-likeness (QED) is 0.480. The lowest BCUT2D eigenvalue weighted by Gasteiger charge is -2.31. The van der Waals surface area contributed by atoms with Gasteiger partial charge in [0.1, 0.15) is 0 Å². The fourth-order valence-electron chi connectivity index (χ4n) is 2.31. The van der Waals surface area contributed by atoms with Gasteiger partial charge >= 0.3 is 0 Å². The van der Waals surface area contributed by atoms with E-state index in [1.54, 1.807) is 14.2 Å². The second-order valence-electron chi connectivity index (χ2n) is 6.05. The maximum absolute atomic E-state index is 11.8. The smallest absolute Gasteiger partial charge is 0.237 e. The Morgan fingerprint density at radius 3 is 2.43 bits per heavy atom. The summed E-state index contributed by atoms with van der Waals surface area (Å²) in [4.78, 5) is 14.1. The summed E-state index contributed by atoms with van der Waals surface area (Å²) in [6.45, 7) is 5.98. The van der Waals surface area contributed by atoms with Crippen LogP contribution in [0.25, 0.3) is 0 Å². The third-order valence-corrected chi connectivity index (χ3v) is 4.01. The lowest BCUT2D eigenvalue weighted by molar-refractivity contribution is -0.124. The zero-order valence-electron chi connectivity index (χ0n) is 13.7. The van der Waals surface area contributed by atoms with Gasteiger partial charge in [0, 0.05) is 46.5 Å². The van der Waals surface area contributed by atoms with E-state index in [9.17, 15) is 4.79 Å². The molecule has 1 amide bonds. The minimum absolute atomic E-state index is 0.266. The van der Waals surface area contributed by atoms with Crippen molar-refractivity contribution < 1.29 is 14.3 Å². The van der Waals surface area contributed by atoms with Crippen LogP contribution in [0.15, 0.2) is 0 Å². The van der Waals surface area contributed by atoms with Crippen LogP contribution in [0.5, 0.6) is 0 Å². The summed E-state index contributed by atoms with van der Waals surface area (Å²) in [6.07, 6.45) is 3.98. The Labute approximate surface area is 128 Å². The van der Waals surface area contributed by atoms with Crippen molar-refractivity contribution >= 4 is 5.91 Å². The van der Waals surface area contributed by atoms with Gasteiger partial charge in [0.05, 0.1) is 12.1 Å². The highest BCUT2D eigenvalue weighted by Gasteiger charge is 2.36. The molecule has 6 heteroatoms. The molecule has 1 rings (SSSR count). The standard InChI is InChI=1S/C15H31N3O3/c1-15(14(16)19,17-13-5-6-13)7-9-18(10-12-21-3)8-4-11-20-2/h13,17H,4-12H2,1-3H3,(H2,16,19). The van der Waals surface area contributed by atoms with Crippen LogP contribution in [-0.2, 0) is 14.3 Å². The highest BCUT2D eigenvalue weighted by atomic mass is 16.5. The van der Waals surface area contributed by atoms with E-state index in [-0.39, 0.29) is 5.91 Å². The number of rotatable bonds is 13. The molecule has 124 valence electrons. The lowest BCUT2D eigenvalue weighted by Crippen LogP contribution is -2.55. The summed E-state index contributed by atoms with van der Waals surface area (Å²) in [5, 5.41) is 3.39. The van der Waals surface area contributed by atoms with E-state index in [1.807, 2.05) is 6.92 Å². The third kappa shape index (κ3) is 7.22. The number of hydrogen-bond acceptors (Lipinski definition) is 5. The second-order valence-corrected chi connectivity index (χ2v) is 6.05. The molecule has 0 radical (unpaired) electrons. The van der Waals surface area contributed by atoms with Gasteiger partial charge in [-0.15, -0.1) is 0 Å². The van der Waals surface area contributed by atoms with Crippen molar-refractivity contribution in [1.82, 2.24) is 10.2 Å². The van der Waals surface area contributed by atoms with Crippen LogP contribution in [0.4, 0.5) is 0 Å². The Kier molecular flexibility index (Phi) is 8.18. The molecule has 0 bridgehead atoms. The van der Waals surface area contributed by atoms with Crippen LogP contribution in [0.2, 0.25) is 0 Å². The number of methoxy groups -OCH3 is 2. The van der Waals surface area contributed by atoms with E-state index in [0.717, 1.165) is 51.9 Å². The summed E-state index contributed by atoms with van der Waals surface area (Å²) in [6, 6.07) is 0.461. The minimum Gasteiger partial charge on any atom is -0.385 e. The van der Waals surface area contributed by atoms with E-state index in [0.29, 0.717) is 12.6 Å². The molecule has 3 N–H and O–H groups in total. The first kappa shape index (κ1) is 18.4. The van der Waals surface area contributed by atoms with E-state index in [2.05, 4.69) is 10.2 Å². The maximum Gasteiger partial charge on any atom is 0.237 e. The number of amides is 1. The Hall–Kier alpha value is -0.690. The predicted octanol–water partition coefficient (Wildman–Crippen LogP) is 0.357. The molecule has 0 spiro atoms. The van der Waals surface area contributed by atoms with E-state index in [1.165, 1.54) is 0 Å². The zero-order chi connectivity index (χ0) is 15.7. The summed E-state index contributed by atoms with van der Waals surface area (Å²) in [7, 11) is 3.42. The summed E-state index contributed by atoms with van der Waals surface area (Å²) in [5.74, 6) is -0.266. The summed E-state index contributed by atoms with van der Waals surface area (Å²) in [5.41, 5.74) is 4.97. The highest BCUT2D eigenvalue weighted by Crippen LogP contribution is 2.24. The molecule has 1 saturated carbocycles. The van der Waals surface area contributed by atoms with Crippen molar-refractivity contribution in [3.8, 4) is 0 Å². The van der Waals surface area contributed by atoms with Gasteiger partial charge in [-0.2, -0.15) is 0 Å². The number of hydrogen-bond donors (Lipinski definition) is 2. The number of carbonyl (C=O) groups is 1. The highest BCUT2D eigenvalue weighted by molar-refractivity contribution is 5.84. The molecule has 0 aliphatic heterocycles. The van der Waals surface area contributed by atoms with Crippen molar-refractivity contribution in [1.29, 1.82) is 0 Å². The monoisotopic (exact) mass is 301 g/mol. The van der Waals surface area contributed by atoms with Crippen LogP contribution in [-0.4, -0.2) is 69.5 Å². The van der Waals surface area contributed by atoms with Gasteiger partial charge in [0.15, 0.2) is 0 Å². The number of nitrogens with one attached hydrogen (secondary N) is 1. The van der Waals surface area contributed by atoms with Crippen molar-refractivity contribution in [2.45, 2.75) is 44.2 Å². The maximum atomic E-state index is 11.8. The number of primary amides is 1. The van der Waals surface area contributed by atoms with E-state index < -0.39 is 5.54 Å². The minimum atomic E-state index is -0.617. The largest absolute Gasteiger partial charge is 0.385 e. The summed E-state index contributed by atoms with van der Waals surface area (Å²) < 4.78 is 10.2. The van der Waals surface area contributed by atoms with Crippen molar-refractivity contribution in [2.24, 2.45) is 5.73 Å². The van der Waals surface area contributed by atoms with Crippen molar-refractivity contribution in [3.05, 3.63) is 0 Å². The first-order valence-electron chi connectivity index (χ1n) is 7.79. The molecule has 6 nitrogen and oxygen atoms in total. The first-order chi connectivity index (χ1) is 10.0. The van der Waals surface area contributed by atoms with Gasteiger partial charge < -0.3 is 25.4 Å². The van der Waals surface area contributed by atoms with Gasteiger partial charge in [-0.05, 0) is 32.6 Å². The lowest BCUT2D eigenvalue weighted by atomic mass is 9.96. The van der Waals surface area contributed by atoms with E-state index in [4.69, 9.17) is 15.2 Å². The molecular weight excluding hydrogens is 270 g/mol. The number of ether oxygens (including phenoxy) is 2. The van der Waals surface area contributed by atoms with Gasteiger partial charge in [-0.25, -0.2) is 0 Å². The molecule has 0 aromatic heterocycles. The van der Waals surface area contributed by atoms with Gasteiger partial charge in [0.25, 0.3) is 0 Å². The fourth-order valence-corrected chi connectivity index (χ4v) is 2.31. The molecule has 1 aliphatic rings. The SMILES string of the molecule is COCCCN(CCOC)CCC(C)(NC1CC1)C(N)=O. The Morgan fingerprint density at radius 2 is 1.90 bits per heavy atom. The number of nitrogens with zero attached hydrogens (tertiary/aromatic N) is 1. The van der Waals surface area contributed by atoms with Crippen LogP contribution in [0.1, 0.15) is 32.6 Å². The molecule has 1 unspecified atom stereocenters. The van der Waals surface area contributed by atoms with E-state index >= 15 is 0 Å². The second kappa shape index (κ2) is 9.35. The third-order valence-electron chi connectivity index (χ3n) is 4.01. The number of carbonyl (C=O) groups excluding carboxylic acids is 1. The zero-order valence-corrected chi connectivity index (χ0v) is 13.7. The molecule has 0 saturated heterocycles. The molecule has 0 aromatic carbocycles. The molecule has 1 aliphatic carbocycles. The normalized spacial score (nSPS) is 17.9. The molecular formula is C15H31N3O3. The average Bonchev–Trinajstić information content (AvgIpc) is 3.25. The van der Waals surface area contributed by atoms with Crippen LogP contribution in [0, 0.1) is 0 Å². The van der Waals surface area contributed by atoms with Gasteiger partial charge in [-0.3, -0.25) is 4.79 Å². The topological polar surface area (TPSA) is 76.8 Å². The Balaban J connectivity index is 2.44. The molecule has 1 fully saturated rings. The first-order valence-corrected chi connectivity index (χ1v) is 7.79. The van der Waals surface area contributed by atoms with Gasteiger partial charge in [-0.1, -0.05) is 0 Å². The van der Waals surface area contributed by atoms with Gasteiger partial charge in [0.2, 0.25) is 5.91 Å². The van der Waals surface area contributed by atoms with Crippen LogP contribution >= 0.6 is 0 Å². The Morgan fingerprint density at radius 1 is 1.24 bits per heavy atom. The average molecular weight is 301 g/mol. The van der Waals surface area contributed by atoms with Crippen molar-refractivity contribution in [3.63, 3.8) is 0 Å². The Bertz CT molecular complexity index is 311. The number of nitrogens with two attached hydrogens (primary N) is 1. The molecule has 1 atom stereocenters. The molecule has 0 heterocycles. The summed E-state index contributed by atoms with van der Waals surface area (Å²) >= 11 is 0. The van der Waals surface area contributed by atoms with Crippen molar-refractivity contribution in [2.75, 3.05) is 47.1 Å². The molecule has 21 heavy (non-hydrogen) atoms. The predicted molar refractivity (Wildman–Crippen MR) is 83.2 cm³/mol. The molecule has 0 aromatic rings. The van der Waals surface area contributed by atoms with Crippen LogP contribution < -0.4 is 11.1 Å². The fraction of sp³-hybridized carbons (Fsp3) is 0.933. The van der Waals surface area contributed by atoms with Crippen LogP contribution in [0.3, 0.4) is 0 Å².